The summed E-state index contributed by atoms with van der Waals surface area (Å²) in [4.78, 5) is 0. The quantitative estimate of drug-likeness (QED) is 0.799. The van der Waals surface area contributed by atoms with Crippen LogP contribution in [0.3, 0.4) is 0 Å². The van der Waals surface area contributed by atoms with Crippen LogP contribution in [0.15, 0.2) is 30.6 Å². The summed E-state index contributed by atoms with van der Waals surface area (Å²) in [7, 11) is 0. The van der Waals surface area contributed by atoms with E-state index in [2.05, 4.69) is 25.7 Å². The molecule has 2 aromatic heterocycles. The predicted octanol–water partition coefficient (Wildman–Crippen LogP) is 2.51. The number of benzene rings is 1. The molecule has 6 nitrogen and oxygen atoms in total. The van der Waals surface area contributed by atoms with Crippen molar-refractivity contribution in [1.29, 1.82) is 0 Å². The fourth-order valence-corrected chi connectivity index (χ4v) is 2.25. The highest BCUT2D eigenvalue weighted by molar-refractivity contribution is 6.34. The summed E-state index contributed by atoms with van der Waals surface area (Å²) in [6.45, 7) is 3.41. The predicted molar refractivity (Wildman–Crippen MR) is 77.6 cm³/mol. The Kier molecular flexibility index (Phi) is 3.47. The molecule has 3 aromatic rings. The first-order valence-electron chi connectivity index (χ1n) is 6.31. The first-order chi connectivity index (χ1) is 9.79. The Labute approximate surface area is 120 Å². The molecular weight excluding hydrogens is 276 g/mol. The van der Waals surface area contributed by atoms with E-state index >= 15 is 0 Å². The average Bonchev–Trinajstić information content (AvgIpc) is 2.94. The molecule has 102 valence electrons. The van der Waals surface area contributed by atoms with Crippen LogP contribution >= 0.6 is 11.6 Å². The third-order valence-electron chi connectivity index (χ3n) is 3.09. The van der Waals surface area contributed by atoms with Crippen molar-refractivity contribution in [3.63, 3.8) is 0 Å². The molecule has 3 rings (SSSR count). The molecule has 0 aliphatic heterocycles. The molecule has 2 heterocycles. The lowest BCUT2D eigenvalue weighted by Crippen LogP contribution is -2.09. The molecule has 0 saturated heterocycles. The summed E-state index contributed by atoms with van der Waals surface area (Å²) in [5, 5.41) is 21.5. The molecule has 0 fully saturated rings. The number of aromatic nitrogens is 5. The van der Waals surface area contributed by atoms with Gasteiger partial charge >= 0.3 is 0 Å². The highest BCUT2D eigenvalue weighted by atomic mass is 35.5. The number of anilines is 1. The smallest absolute Gasteiger partial charge is 0.159 e. The van der Waals surface area contributed by atoms with Gasteiger partial charge in [0, 0.05) is 17.3 Å². The molecule has 0 saturated carbocycles. The summed E-state index contributed by atoms with van der Waals surface area (Å²) in [5.41, 5.74) is 0. The zero-order valence-electron chi connectivity index (χ0n) is 10.9. The van der Waals surface area contributed by atoms with E-state index in [-0.39, 0.29) is 0 Å². The molecule has 0 aliphatic carbocycles. The van der Waals surface area contributed by atoms with Gasteiger partial charge in [0.25, 0.3) is 0 Å². The number of aryl methyl sites for hydroxylation is 1. The number of hydrogen-bond donors (Lipinski definition) is 1. The molecule has 0 bridgehead atoms. The van der Waals surface area contributed by atoms with Crippen LogP contribution in [0.5, 0.6) is 0 Å². The largest absolute Gasteiger partial charge is 0.361 e. The first kappa shape index (κ1) is 12.8. The topological polar surface area (TPSA) is 68.5 Å². The minimum absolute atomic E-state index is 0.405. The van der Waals surface area contributed by atoms with Gasteiger partial charge in [0.15, 0.2) is 16.8 Å². The maximum Gasteiger partial charge on any atom is 0.159 e. The number of rotatable bonds is 4. The number of fused-ring (bicyclic) bond motifs is 1. The minimum atomic E-state index is 0.405. The van der Waals surface area contributed by atoms with Gasteiger partial charge in [-0.1, -0.05) is 35.9 Å². The summed E-state index contributed by atoms with van der Waals surface area (Å²) in [5.74, 6) is 1.55. The third kappa shape index (κ3) is 2.30. The Balaban J connectivity index is 1.90. The lowest BCUT2D eigenvalue weighted by Gasteiger charge is -2.08. The zero-order valence-corrected chi connectivity index (χ0v) is 11.7. The highest BCUT2D eigenvalue weighted by Crippen LogP contribution is 2.25. The Morgan fingerprint density at radius 3 is 2.75 bits per heavy atom. The van der Waals surface area contributed by atoms with Crippen LogP contribution in [0.2, 0.25) is 5.15 Å². The van der Waals surface area contributed by atoms with E-state index in [1.165, 1.54) is 0 Å². The van der Waals surface area contributed by atoms with Crippen molar-refractivity contribution in [2.75, 3.05) is 5.32 Å². The molecule has 0 atom stereocenters. The molecule has 20 heavy (non-hydrogen) atoms. The van der Waals surface area contributed by atoms with Gasteiger partial charge in [0.2, 0.25) is 0 Å². The fraction of sp³-hybridized carbons (Fsp3) is 0.231. The van der Waals surface area contributed by atoms with Crippen molar-refractivity contribution in [2.24, 2.45) is 0 Å². The molecule has 0 amide bonds. The summed E-state index contributed by atoms with van der Waals surface area (Å²) in [6, 6.07) is 7.75. The van der Waals surface area contributed by atoms with Gasteiger partial charge in [-0.05, 0) is 6.92 Å². The van der Waals surface area contributed by atoms with Crippen LogP contribution in [-0.2, 0) is 13.1 Å². The minimum Gasteiger partial charge on any atom is -0.361 e. The molecule has 1 aromatic carbocycles. The lowest BCUT2D eigenvalue weighted by molar-refractivity contribution is 0.707. The molecule has 7 heteroatoms. The van der Waals surface area contributed by atoms with E-state index in [0.717, 1.165) is 23.1 Å². The summed E-state index contributed by atoms with van der Waals surface area (Å²) < 4.78 is 1.97. The number of nitrogens with one attached hydrogen (secondary N) is 1. The van der Waals surface area contributed by atoms with Crippen LogP contribution in [0, 0.1) is 0 Å². The van der Waals surface area contributed by atoms with Crippen molar-refractivity contribution < 1.29 is 0 Å². The molecule has 0 spiro atoms. The molecule has 0 radical (unpaired) electrons. The zero-order chi connectivity index (χ0) is 13.9. The van der Waals surface area contributed by atoms with E-state index in [1.807, 2.05) is 35.8 Å². The van der Waals surface area contributed by atoms with E-state index in [9.17, 15) is 0 Å². The standard InChI is InChI=1S/C13H13ClN6/c1-2-20-8-16-17-11(20)7-15-13-10-6-4-3-5-9(10)12(14)18-19-13/h3-6,8H,2,7H2,1H3,(H,15,19). The van der Waals surface area contributed by atoms with Gasteiger partial charge < -0.3 is 9.88 Å². The van der Waals surface area contributed by atoms with Crippen LogP contribution < -0.4 is 5.32 Å². The van der Waals surface area contributed by atoms with E-state index in [4.69, 9.17) is 11.6 Å². The first-order valence-corrected chi connectivity index (χ1v) is 6.69. The Morgan fingerprint density at radius 2 is 1.95 bits per heavy atom. The lowest BCUT2D eigenvalue weighted by atomic mass is 10.2. The van der Waals surface area contributed by atoms with Gasteiger partial charge in [0.1, 0.15) is 6.33 Å². The van der Waals surface area contributed by atoms with Crippen molar-refractivity contribution >= 4 is 28.2 Å². The maximum atomic E-state index is 6.05. The van der Waals surface area contributed by atoms with E-state index in [1.54, 1.807) is 6.33 Å². The number of hydrogen-bond acceptors (Lipinski definition) is 5. The summed E-state index contributed by atoms with van der Waals surface area (Å²) >= 11 is 6.05. The van der Waals surface area contributed by atoms with Gasteiger partial charge in [-0.3, -0.25) is 0 Å². The molecular formula is C13H13ClN6. The van der Waals surface area contributed by atoms with Gasteiger partial charge in [-0.2, -0.15) is 0 Å². The molecule has 0 aliphatic rings. The summed E-state index contributed by atoms with van der Waals surface area (Å²) in [6.07, 6.45) is 1.71. The molecule has 0 unspecified atom stereocenters. The SMILES string of the molecule is CCn1cnnc1CNc1nnc(Cl)c2ccccc12. The second-order valence-corrected chi connectivity index (χ2v) is 4.63. The van der Waals surface area contributed by atoms with Crippen LogP contribution in [0.4, 0.5) is 5.82 Å². The van der Waals surface area contributed by atoms with Crippen LogP contribution in [0.25, 0.3) is 10.8 Å². The van der Waals surface area contributed by atoms with Crippen molar-refractivity contribution in [3.05, 3.63) is 41.6 Å². The number of halogens is 1. The van der Waals surface area contributed by atoms with E-state index < -0.39 is 0 Å². The van der Waals surface area contributed by atoms with Gasteiger partial charge in [-0.25, -0.2) is 0 Å². The Bertz CT molecular complexity index is 739. The average molecular weight is 289 g/mol. The van der Waals surface area contributed by atoms with Crippen molar-refractivity contribution in [2.45, 2.75) is 20.0 Å². The Morgan fingerprint density at radius 1 is 1.15 bits per heavy atom. The monoisotopic (exact) mass is 288 g/mol. The Hall–Kier alpha value is -2.21. The third-order valence-corrected chi connectivity index (χ3v) is 3.37. The van der Waals surface area contributed by atoms with E-state index in [0.29, 0.717) is 17.5 Å². The van der Waals surface area contributed by atoms with Crippen molar-refractivity contribution in [3.8, 4) is 0 Å². The second-order valence-electron chi connectivity index (χ2n) is 4.27. The van der Waals surface area contributed by atoms with Crippen molar-refractivity contribution in [1.82, 2.24) is 25.0 Å². The maximum absolute atomic E-state index is 6.05. The van der Waals surface area contributed by atoms with Gasteiger partial charge in [-0.15, -0.1) is 20.4 Å². The van der Waals surface area contributed by atoms with Crippen LogP contribution in [-0.4, -0.2) is 25.0 Å². The van der Waals surface area contributed by atoms with Gasteiger partial charge in [0.05, 0.1) is 6.54 Å². The molecule has 1 N–H and O–H groups in total. The second kappa shape index (κ2) is 5.42. The number of nitrogens with zero attached hydrogens (tertiary/aromatic N) is 5. The van der Waals surface area contributed by atoms with Crippen LogP contribution in [0.1, 0.15) is 12.7 Å². The normalized spacial score (nSPS) is 10.9. The highest BCUT2D eigenvalue weighted by Gasteiger charge is 2.08. The fourth-order valence-electron chi connectivity index (χ4n) is 2.04.